The Labute approximate surface area is 125 Å². The quantitative estimate of drug-likeness (QED) is 0.653. The number of nitrogens with zero attached hydrogens (tertiary/aromatic N) is 1. The van der Waals surface area contributed by atoms with Crippen LogP contribution < -0.4 is 4.90 Å². The molecule has 0 heterocycles. The average molecular weight is 369 g/mol. The van der Waals surface area contributed by atoms with Crippen molar-refractivity contribution in [3.63, 3.8) is 0 Å². The maximum absolute atomic E-state index is 3.54. The summed E-state index contributed by atoms with van der Waals surface area (Å²) in [7, 11) is 2.10. The highest BCUT2D eigenvalue weighted by atomic mass is 79.9. The molecule has 0 radical (unpaired) electrons. The first-order chi connectivity index (χ1) is 8.61. The van der Waals surface area contributed by atoms with E-state index >= 15 is 0 Å². The first-order valence-corrected chi connectivity index (χ1v) is 7.68. The van der Waals surface area contributed by atoms with Gasteiger partial charge < -0.3 is 4.90 Å². The topological polar surface area (TPSA) is 3.24 Å². The molecule has 0 spiro atoms. The molecule has 18 heavy (non-hydrogen) atoms. The number of aryl methyl sites for hydroxylation is 1. The van der Waals surface area contributed by atoms with Gasteiger partial charge in [-0.3, -0.25) is 0 Å². The molecule has 2 aromatic rings. The zero-order valence-electron chi connectivity index (χ0n) is 10.5. The lowest BCUT2D eigenvalue weighted by Crippen LogP contribution is -2.11. The summed E-state index contributed by atoms with van der Waals surface area (Å²) in [6.45, 7) is 2.10. The normalized spacial score (nSPS) is 10.4. The summed E-state index contributed by atoms with van der Waals surface area (Å²) in [5, 5.41) is 0.853. The molecule has 0 amide bonds. The number of hydrogen-bond donors (Lipinski definition) is 0. The summed E-state index contributed by atoms with van der Waals surface area (Å²) in [5.74, 6) is 0. The Balaban J connectivity index is 2.41. The molecule has 0 atom stereocenters. The highest BCUT2D eigenvalue weighted by Crippen LogP contribution is 2.31. The number of anilines is 2. The molecule has 0 aliphatic carbocycles. The van der Waals surface area contributed by atoms with Crippen LogP contribution in [0.5, 0.6) is 0 Å². The minimum absolute atomic E-state index is 0.853. The van der Waals surface area contributed by atoms with Crippen molar-refractivity contribution in [1.82, 2.24) is 0 Å². The van der Waals surface area contributed by atoms with Gasteiger partial charge in [0.15, 0.2) is 0 Å². The van der Waals surface area contributed by atoms with E-state index in [-0.39, 0.29) is 0 Å². The molecule has 0 saturated carbocycles. The van der Waals surface area contributed by atoms with E-state index in [4.69, 9.17) is 0 Å². The molecule has 2 rings (SSSR count). The number of hydrogen-bond acceptors (Lipinski definition) is 1. The zero-order chi connectivity index (χ0) is 13.1. The highest BCUT2D eigenvalue weighted by molar-refractivity contribution is 9.10. The average Bonchev–Trinajstić information content (AvgIpc) is 2.39. The van der Waals surface area contributed by atoms with E-state index in [0.29, 0.717) is 0 Å². The van der Waals surface area contributed by atoms with E-state index < -0.39 is 0 Å². The van der Waals surface area contributed by atoms with Crippen molar-refractivity contribution in [3.8, 4) is 0 Å². The van der Waals surface area contributed by atoms with Gasteiger partial charge in [-0.25, -0.2) is 0 Å². The first-order valence-electron chi connectivity index (χ1n) is 5.76. The molecule has 0 aromatic heterocycles. The molecule has 0 aliphatic heterocycles. The van der Waals surface area contributed by atoms with Crippen molar-refractivity contribution < 1.29 is 0 Å². The van der Waals surface area contributed by atoms with Crippen LogP contribution in [0.25, 0.3) is 0 Å². The Hall–Kier alpha value is -0.800. The minimum atomic E-state index is 0.853. The van der Waals surface area contributed by atoms with Gasteiger partial charge in [0.05, 0.1) is 0 Å². The Bertz CT molecular complexity index is 535. The van der Waals surface area contributed by atoms with Gasteiger partial charge in [0.2, 0.25) is 0 Å². The number of rotatable bonds is 3. The van der Waals surface area contributed by atoms with Gasteiger partial charge in [0.25, 0.3) is 0 Å². The van der Waals surface area contributed by atoms with Crippen LogP contribution >= 0.6 is 31.9 Å². The summed E-state index contributed by atoms with van der Waals surface area (Å²) in [4.78, 5) is 2.21. The number of benzene rings is 2. The summed E-state index contributed by atoms with van der Waals surface area (Å²) in [5.41, 5.74) is 4.97. The molecule has 2 aromatic carbocycles. The van der Waals surface area contributed by atoms with Crippen LogP contribution in [0.15, 0.2) is 46.9 Å². The number of halogens is 2. The van der Waals surface area contributed by atoms with Crippen molar-refractivity contribution >= 4 is 43.2 Å². The molecule has 3 heteroatoms. The monoisotopic (exact) mass is 367 g/mol. The van der Waals surface area contributed by atoms with Crippen molar-refractivity contribution in [2.75, 3.05) is 11.9 Å². The van der Waals surface area contributed by atoms with E-state index in [2.05, 4.69) is 93.2 Å². The van der Waals surface area contributed by atoms with Crippen molar-refractivity contribution in [2.45, 2.75) is 12.3 Å². The van der Waals surface area contributed by atoms with Crippen LogP contribution in [0.4, 0.5) is 11.4 Å². The van der Waals surface area contributed by atoms with E-state index in [1.165, 1.54) is 22.5 Å². The summed E-state index contributed by atoms with van der Waals surface area (Å²) < 4.78 is 1.10. The third kappa shape index (κ3) is 2.96. The summed E-state index contributed by atoms with van der Waals surface area (Å²) in [6, 6.07) is 14.9. The van der Waals surface area contributed by atoms with Crippen LogP contribution in [0.3, 0.4) is 0 Å². The van der Waals surface area contributed by atoms with Crippen molar-refractivity contribution in [3.05, 3.63) is 58.1 Å². The van der Waals surface area contributed by atoms with Crippen molar-refractivity contribution in [2.24, 2.45) is 0 Å². The van der Waals surface area contributed by atoms with Gasteiger partial charge in [0, 0.05) is 28.2 Å². The SMILES string of the molecule is Cc1ccc(N(C)c2cc(Br)ccc2CBr)cc1. The smallest absolute Gasteiger partial charge is 0.0460 e. The Kier molecular flexibility index (Phi) is 4.46. The van der Waals surface area contributed by atoms with Gasteiger partial charge in [-0.2, -0.15) is 0 Å². The minimum Gasteiger partial charge on any atom is -0.344 e. The fourth-order valence-corrected chi connectivity index (χ4v) is 2.69. The van der Waals surface area contributed by atoms with Gasteiger partial charge >= 0.3 is 0 Å². The van der Waals surface area contributed by atoms with Gasteiger partial charge in [-0.1, -0.05) is 55.6 Å². The molecule has 0 fully saturated rings. The number of alkyl halides is 1. The fraction of sp³-hybridized carbons (Fsp3) is 0.200. The summed E-state index contributed by atoms with van der Waals surface area (Å²) >= 11 is 7.08. The third-order valence-corrected chi connectivity index (χ3v) is 4.07. The Morgan fingerprint density at radius 3 is 2.33 bits per heavy atom. The van der Waals surface area contributed by atoms with Crippen molar-refractivity contribution in [1.29, 1.82) is 0 Å². The standard InChI is InChI=1S/C15H15Br2N/c1-11-3-7-14(8-4-11)18(2)15-9-13(17)6-5-12(15)10-16/h3-9H,10H2,1-2H3. The molecular formula is C15H15Br2N. The molecule has 0 N–H and O–H groups in total. The fourth-order valence-electron chi connectivity index (χ4n) is 1.87. The van der Waals surface area contributed by atoms with Gasteiger partial charge in [-0.05, 0) is 36.8 Å². The zero-order valence-corrected chi connectivity index (χ0v) is 13.6. The third-order valence-electron chi connectivity index (χ3n) is 2.97. The van der Waals surface area contributed by atoms with Crippen LogP contribution in [0.1, 0.15) is 11.1 Å². The summed E-state index contributed by atoms with van der Waals surface area (Å²) in [6.07, 6.45) is 0. The van der Waals surface area contributed by atoms with E-state index in [1.54, 1.807) is 0 Å². The molecule has 0 aliphatic rings. The van der Waals surface area contributed by atoms with Crippen LogP contribution in [0, 0.1) is 6.92 Å². The van der Waals surface area contributed by atoms with E-state index in [0.717, 1.165) is 9.80 Å². The van der Waals surface area contributed by atoms with Crippen LogP contribution in [0.2, 0.25) is 0 Å². The maximum Gasteiger partial charge on any atom is 0.0460 e. The van der Waals surface area contributed by atoms with Gasteiger partial charge in [0.1, 0.15) is 0 Å². The molecule has 0 bridgehead atoms. The maximum atomic E-state index is 3.54. The predicted molar refractivity (Wildman–Crippen MR) is 86.0 cm³/mol. The van der Waals surface area contributed by atoms with Crippen LogP contribution in [-0.4, -0.2) is 7.05 Å². The van der Waals surface area contributed by atoms with E-state index in [9.17, 15) is 0 Å². The molecule has 94 valence electrons. The first kappa shape index (κ1) is 13.6. The Morgan fingerprint density at radius 2 is 1.72 bits per heavy atom. The van der Waals surface area contributed by atoms with E-state index in [1.807, 2.05) is 0 Å². The lowest BCUT2D eigenvalue weighted by atomic mass is 10.1. The predicted octanol–water partition coefficient (Wildman–Crippen LogP) is 5.42. The molecule has 1 nitrogen and oxygen atoms in total. The molecular weight excluding hydrogens is 354 g/mol. The second-order valence-corrected chi connectivity index (χ2v) is 5.78. The van der Waals surface area contributed by atoms with Crippen LogP contribution in [-0.2, 0) is 5.33 Å². The Morgan fingerprint density at radius 1 is 1.06 bits per heavy atom. The highest BCUT2D eigenvalue weighted by Gasteiger charge is 2.09. The molecule has 0 saturated heterocycles. The second-order valence-electron chi connectivity index (χ2n) is 4.30. The largest absolute Gasteiger partial charge is 0.344 e. The second kappa shape index (κ2) is 5.89. The lowest BCUT2D eigenvalue weighted by Gasteiger charge is -2.22. The molecule has 0 unspecified atom stereocenters. The van der Waals surface area contributed by atoms with Gasteiger partial charge in [-0.15, -0.1) is 0 Å². The lowest BCUT2D eigenvalue weighted by molar-refractivity contribution is 1.17.